The minimum atomic E-state index is 0.138. The van der Waals surface area contributed by atoms with Crippen LogP contribution >= 0.6 is 11.6 Å². The molecule has 1 N–H and O–H groups in total. The van der Waals surface area contributed by atoms with Gasteiger partial charge in [0.05, 0.1) is 0 Å². The third-order valence-corrected chi connectivity index (χ3v) is 3.78. The predicted octanol–water partition coefficient (Wildman–Crippen LogP) is 2.29. The van der Waals surface area contributed by atoms with Gasteiger partial charge in [-0.2, -0.15) is 5.10 Å². The third kappa shape index (κ3) is 1.57. The molecule has 0 spiro atoms. The van der Waals surface area contributed by atoms with Crippen LogP contribution in [0.1, 0.15) is 20.3 Å². The molecule has 0 aliphatic heterocycles. The van der Waals surface area contributed by atoms with E-state index in [0.29, 0.717) is 6.04 Å². The summed E-state index contributed by atoms with van der Waals surface area (Å²) < 4.78 is 0. The molecular formula is C10H14ClN3. The van der Waals surface area contributed by atoms with Crippen molar-refractivity contribution < 1.29 is 0 Å². The van der Waals surface area contributed by atoms with Crippen molar-refractivity contribution in [3.63, 3.8) is 0 Å². The quantitative estimate of drug-likeness (QED) is 0.763. The highest BCUT2D eigenvalue weighted by Gasteiger charge is 2.47. The van der Waals surface area contributed by atoms with Crippen LogP contribution in [0.15, 0.2) is 18.3 Å². The van der Waals surface area contributed by atoms with Gasteiger partial charge in [0.15, 0.2) is 0 Å². The number of nitrogens with zero attached hydrogens (tertiary/aromatic N) is 2. The second kappa shape index (κ2) is 3.39. The van der Waals surface area contributed by atoms with Crippen molar-refractivity contribution in [3.05, 3.63) is 18.3 Å². The molecule has 76 valence electrons. The average molecular weight is 212 g/mol. The highest BCUT2D eigenvalue weighted by molar-refractivity contribution is 6.21. The molecule has 2 unspecified atom stereocenters. The van der Waals surface area contributed by atoms with Crippen LogP contribution in [-0.4, -0.2) is 21.6 Å². The van der Waals surface area contributed by atoms with Gasteiger partial charge >= 0.3 is 0 Å². The summed E-state index contributed by atoms with van der Waals surface area (Å²) in [6.45, 7) is 4.34. The molecule has 0 saturated heterocycles. The minimum absolute atomic E-state index is 0.138. The van der Waals surface area contributed by atoms with Gasteiger partial charge in [-0.3, -0.25) is 0 Å². The van der Waals surface area contributed by atoms with Crippen LogP contribution in [0.3, 0.4) is 0 Å². The van der Waals surface area contributed by atoms with Gasteiger partial charge in [0.1, 0.15) is 5.82 Å². The Morgan fingerprint density at radius 2 is 2.36 bits per heavy atom. The van der Waals surface area contributed by atoms with E-state index in [9.17, 15) is 0 Å². The summed E-state index contributed by atoms with van der Waals surface area (Å²) in [5, 5.41) is 11.4. The van der Waals surface area contributed by atoms with Gasteiger partial charge in [-0.25, -0.2) is 0 Å². The number of alkyl halides is 1. The zero-order valence-electron chi connectivity index (χ0n) is 8.37. The van der Waals surface area contributed by atoms with E-state index in [1.54, 1.807) is 6.20 Å². The van der Waals surface area contributed by atoms with Crippen molar-refractivity contribution in [2.24, 2.45) is 5.41 Å². The fourth-order valence-corrected chi connectivity index (χ4v) is 2.00. The molecule has 2 rings (SSSR count). The lowest BCUT2D eigenvalue weighted by molar-refractivity contribution is 0.168. The smallest absolute Gasteiger partial charge is 0.148 e. The fraction of sp³-hybridized carbons (Fsp3) is 0.600. The Hall–Kier alpha value is -0.830. The molecule has 1 aliphatic rings. The van der Waals surface area contributed by atoms with Crippen molar-refractivity contribution in [1.29, 1.82) is 0 Å². The second-order valence-electron chi connectivity index (χ2n) is 4.33. The van der Waals surface area contributed by atoms with Crippen molar-refractivity contribution in [2.75, 3.05) is 5.32 Å². The van der Waals surface area contributed by atoms with E-state index in [1.165, 1.54) is 0 Å². The molecule has 0 radical (unpaired) electrons. The molecule has 0 bridgehead atoms. The first-order chi connectivity index (χ1) is 6.60. The van der Waals surface area contributed by atoms with Crippen LogP contribution in [0.4, 0.5) is 5.82 Å². The minimum Gasteiger partial charge on any atom is -0.365 e. The standard InChI is InChI=1S/C10H14ClN3/c1-10(2)7(11)6-8(10)13-9-4-3-5-12-14-9/h3-5,7-8H,6H2,1-2H3,(H,13,14). The Kier molecular flexibility index (Phi) is 2.35. The average Bonchev–Trinajstić information content (AvgIpc) is 2.19. The van der Waals surface area contributed by atoms with E-state index in [1.807, 2.05) is 12.1 Å². The first kappa shape index (κ1) is 9.71. The van der Waals surface area contributed by atoms with Gasteiger partial charge in [0, 0.05) is 23.0 Å². The lowest BCUT2D eigenvalue weighted by Crippen LogP contribution is -2.54. The maximum atomic E-state index is 6.13. The van der Waals surface area contributed by atoms with Gasteiger partial charge in [-0.15, -0.1) is 16.7 Å². The number of anilines is 1. The van der Waals surface area contributed by atoms with E-state index in [2.05, 4.69) is 29.4 Å². The molecule has 1 saturated carbocycles. The Morgan fingerprint density at radius 1 is 1.57 bits per heavy atom. The summed E-state index contributed by atoms with van der Waals surface area (Å²) in [5.74, 6) is 0.828. The number of rotatable bonds is 2. The normalized spacial score (nSPS) is 29.4. The molecule has 1 heterocycles. The fourth-order valence-electron chi connectivity index (χ4n) is 1.67. The topological polar surface area (TPSA) is 37.8 Å². The molecule has 0 amide bonds. The molecule has 1 aliphatic carbocycles. The van der Waals surface area contributed by atoms with Gasteiger partial charge < -0.3 is 5.32 Å². The molecule has 1 aromatic rings. The molecule has 1 aromatic heterocycles. The molecule has 0 aromatic carbocycles. The molecule has 4 heteroatoms. The van der Waals surface area contributed by atoms with Crippen molar-refractivity contribution in [3.8, 4) is 0 Å². The Bertz CT molecular complexity index is 312. The number of nitrogens with one attached hydrogen (secondary N) is 1. The van der Waals surface area contributed by atoms with E-state index in [0.717, 1.165) is 12.2 Å². The van der Waals surface area contributed by atoms with Gasteiger partial charge in [-0.1, -0.05) is 13.8 Å². The number of hydrogen-bond donors (Lipinski definition) is 1. The van der Waals surface area contributed by atoms with Crippen molar-refractivity contribution in [1.82, 2.24) is 10.2 Å². The van der Waals surface area contributed by atoms with Crippen LogP contribution in [0.5, 0.6) is 0 Å². The number of halogens is 1. The highest BCUT2D eigenvalue weighted by atomic mass is 35.5. The molecular weight excluding hydrogens is 198 g/mol. The van der Waals surface area contributed by atoms with Crippen LogP contribution in [0.25, 0.3) is 0 Å². The van der Waals surface area contributed by atoms with Crippen LogP contribution < -0.4 is 5.32 Å². The predicted molar refractivity (Wildman–Crippen MR) is 57.5 cm³/mol. The SMILES string of the molecule is CC1(C)C(Cl)CC1Nc1cccnn1. The second-order valence-corrected chi connectivity index (χ2v) is 4.86. The van der Waals surface area contributed by atoms with E-state index in [-0.39, 0.29) is 10.8 Å². The summed E-state index contributed by atoms with van der Waals surface area (Å²) >= 11 is 6.13. The zero-order chi connectivity index (χ0) is 10.2. The van der Waals surface area contributed by atoms with E-state index in [4.69, 9.17) is 11.6 Å². The van der Waals surface area contributed by atoms with E-state index >= 15 is 0 Å². The van der Waals surface area contributed by atoms with E-state index < -0.39 is 0 Å². The summed E-state index contributed by atoms with van der Waals surface area (Å²) in [6.07, 6.45) is 2.66. The zero-order valence-corrected chi connectivity index (χ0v) is 9.12. The number of aromatic nitrogens is 2. The summed E-state index contributed by atoms with van der Waals surface area (Å²) in [4.78, 5) is 0. The van der Waals surface area contributed by atoms with Gasteiger partial charge in [0.25, 0.3) is 0 Å². The van der Waals surface area contributed by atoms with Gasteiger partial charge in [-0.05, 0) is 18.6 Å². The Morgan fingerprint density at radius 3 is 2.86 bits per heavy atom. The van der Waals surface area contributed by atoms with Crippen LogP contribution in [0.2, 0.25) is 0 Å². The van der Waals surface area contributed by atoms with Gasteiger partial charge in [0.2, 0.25) is 0 Å². The molecule has 14 heavy (non-hydrogen) atoms. The first-order valence-corrected chi connectivity index (χ1v) is 5.22. The summed E-state index contributed by atoms with van der Waals surface area (Å²) in [7, 11) is 0. The summed E-state index contributed by atoms with van der Waals surface area (Å²) in [5.41, 5.74) is 0.138. The molecule has 3 nitrogen and oxygen atoms in total. The van der Waals surface area contributed by atoms with Crippen LogP contribution in [0, 0.1) is 5.41 Å². The lowest BCUT2D eigenvalue weighted by Gasteiger charge is -2.49. The highest BCUT2D eigenvalue weighted by Crippen LogP contribution is 2.45. The molecule has 2 atom stereocenters. The van der Waals surface area contributed by atoms with Crippen molar-refractivity contribution >= 4 is 17.4 Å². The Labute approximate surface area is 88.9 Å². The Balaban J connectivity index is 2.01. The third-order valence-electron chi connectivity index (χ3n) is 3.04. The van der Waals surface area contributed by atoms with Crippen molar-refractivity contribution in [2.45, 2.75) is 31.7 Å². The molecule has 1 fully saturated rings. The largest absolute Gasteiger partial charge is 0.365 e. The monoisotopic (exact) mass is 211 g/mol. The number of hydrogen-bond acceptors (Lipinski definition) is 3. The van der Waals surface area contributed by atoms with Crippen LogP contribution in [-0.2, 0) is 0 Å². The maximum Gasteiger partial charge on any atom is 0.148 e. The first-order valence-electron chi connectivity index (χ1n) is 4.79. The summed E-state index contributed by atoms with van der Waals surface area (Å²) in [6, 6.07) is 4.20. The maximum absolute atomic E-state index is 6.13. The lowest BCUT2D eigenvalue weighted by atomic mass is 9.67.